The number of benzene rings is 1. The number of carbonyl (C=O) groups is 1. The molecule has 1 aromatic rings. The van der Waals surface area contributed by atoms with Crippen LogP contribution < -0.4 is 4.74 Å². The Balaban J connectivity index is 1.66. The Kier molecular flexibility index (Phi) is 3.31. The first-order valence-corrected chi connectivity index (χ1v) is 7.18. The van der Waals surface area contributed by atoms with Crippen molar-refractivity contribution >= 4 is 5.78 Å². The van der Waals surface area contributed by atoms with Crippen LogP contribution in [0.15, 0.2) is 18.2 Å². The van der Waals surface area contributed by atoms with Crippen molar-refractivity contribution < 1.29 is 14.6 Å². The van der Waals surface area contributed by atoms with E-state index < -0.39 is 5.60 Å². The van der Waals surface area contributed by atoms with Crippen molar-refractivity contribution in [2.45, 2.75) is 50.5 Å². The van der Waals surface area contributed by atoms with Gasteiger partial charge in [-0.15, -0.1) is 0 Å². The lowest BCUT2D eigenvalue weighted by atomic mass is 9.85. The van der Waals surface area contributed by atoms with Crippen molar-refractivity contribution in [1.82, 2.24) is 0 Å². The predicted octanol–water partition coefficient (Wildman–Crippen LogP) is 2.89. The lowest BCUT2D eigenvalue weighted by Crippen LogP contribution is -2.37. The van der Waals surface area contributed by atoms with Crippen molar-refractivity contribution in [2.75, 3.05) is 6.61 Å². The summed E-state index contributed by atoms with van der Waals surface area (Å²) in [6, 6.07) is 5.64. The SMILES string of the molecule is O=C1CCc2cc(OCC3(O)CCCCC3)ccc21. The molecule has 0 atom stereocenters. The average Bonchev–Trinajstić information content (AvgIpc) is 2.79. The third-order valence-corrected chi connectivity index (χ3v) is 4.29. The maximum Gasteiger partial charge on any atom is 0.163 e. The van der Waals surface area contributed by atoms with E-state index in [9.17, 15) is 9.90 Å². The van der Waals surface area contributed by atoms with E-state index in [0.29, 0.717) is 13.0 Å². The van der Waals surface area contributed by atoms with E-state index >= 15 is 0 Å². The number of rotatable bonds is 3. The van der Waals surface area contributed by atoms with Crippen LogP contribution in [0.2, 0.25) is 0 Å². The van der Waals surface area contributed by atoms with Gasteiger partial charge < -0.3 is 9.84 Å². The third kappa shape index (κ3) is 2.66. The van der Waals surface area contributed by atoms with Crippen molar-refractivity contribution in [3.05, 3.63) is 29.3 Å². The van der Waals surface area contributed by atoms with E-state index in [4.69, 9.17) is 4.74 Å². The molecule has 0 bridgehead atoms. The molecule has 0 aromatic heterocycles. The van der Waals surface area contributed by atoms with Gasteiger partial charge in [-0.05, 0) is 43.0 Å². The molecule has 102 valence electrons. The minimum atomic E-state index is -0.660. The molecule has 0 heterocycles. The first kappa shape index (κ1) is 12.7. The fourth-order valence-corrected chi connectivity index (χ4v) is 3.09. The number of aryl methyl sites for hydroxylation is 1. The monoisotopic (exact) mass is 260 g/mol. The van der Waals surface area contributed by atoms with E-state index in [1.165, 1.54) is 6.42 Å². The number of fused-ring (bicyclic) bond motifs is 1. The van der Waals surface area contributed by atoms with Crippen LogP contribution in [-0.4, -0.2) is 23.1 Å². The minimum Gasteiger partial charge on any atom is -0.491 e. The molecule has 3 rings (SSSR count). The van der Waals surface area contributed by atoms with Crippen molar-refractivity contribution in [1.29, 1.82) is 0 Å². The molecule has 3 heteroatoms. The highest BCUT2D eigenvalue weighted by Crippen LogP contribution is 2.30. The van der Waals surface area contributed by atoms with Crippen LogP contribution in [0.1, 0.15) is 54.4 Å². The Morgan fingerprint density at radius 2 is 1.95 bits per heavy atom. The molecule has 1 aromatic carbocycles. The van der Waals surface area contributed by atoms with Gasteiger partial charge in [-0.1, -0.05) is 19.3 Å². The molecule has 0 aliphatic heterocycles. The van der Waals surface area contributed by atoms with Crippen LogP contribution in [0.4, 0.5) is 0 Å². The summed E-state index contributed by atoms with van der Waals surface area (Å²) in [6.45, 7) is 0.361. The lowest BCUT2D eigenvalue weighted by molar-refractivity contribution is -0.0339. The topological polar surface area (TPSA) is 46.5 Å². The van der Waals surface area contributed by atoms with Crippen molar-refractivity contribution in [2.24, 2.45) is 0 Å². The molecule has 2 aliphatic rings. The van der Waals surface area contributed by atoms with E-state index in [2.05, 4.69) is 0 Å². The molecule has 0 unspecified atom stereocenters. The van der Waals surface area contributed by atoms with Gasteiger partial charge >= 0.3 is 0 Å². The van der Waals surface area contributed by atoms with Crippen molar-refractivity contribution in [3.8, 4) is 5.75 Å². The lowest BCUT2D eigenvalue weighted by Gasteiger charge is -2.31. The molecular weight excluding hydrogens is 240 g/mol. The fraction of sp³-hybridized carbons (Fsp3) is 0.562. The molecule has 2 aliphatic carbocycles. The molecular formula is C16H20O3. The summed E-state index contributed by atoms with van der Waals surface area (Å²) >= 11 is 0. The second-order valence-corrected chi connectivity index (χ2v) is 5.82. The summed E-state index contributed by atoms with van der Waals surface area (Å²) in [5.41, 5.74) is 1.26. The Morgan fingerprint density at radius 1 is 1.16 bits per heavy atom. The maximum absolute atomic E-state index is 11.6. The summed E-state index contributed by atoms with van der Waals surface area (Å²) in [7, 11) is 0. The van der Waals surface area contributed by atoms with Gasteiger partial charge in [-0.2, -0.15) is 0 Å². The number of Topliss-reactive ketones (excluding diaryl/α,β-unsaturated/α-hetero) is 1. The number of ether oxygens (including phenoxy) is 1. The van der Waals surface area contributed by atoms with Crippen LogP contribution in [0.5, 0.6) is 5.75 Å². The van der Waals surface area contributed by atoms with Gasteiger partial charge in [-0.25, -0.2) is 0 Å². The minimum absolute atomic E-state index is 0.229. The molecule has 19 heavy (non-hydrogen) atoms. The normalized spacial score (nSPS) is 21.2. The standard InChI is InChI=1S/C16H20O3/c17-15-7-4-12-10-13(5-6-14(12)15)19-11-16(18)8-2-1-3-9-16/h5-6,10,18H,1-4,7-9,11H2. The number of carbonyl (C=O) groups excluding carboxylic acids is 1. The van der Waals surface area contributed by atoms with Crippen LogP contribution in [-0.2, 0) is 6.42 Å². The first-order valence-electron chi connectivity index (χ1n) is 7.18. The smallest absolute Gasteiger partial charge is 0.163 e. The van der Waals surface area contributed by atoms with Gasteiger partial charge in [0.2, 0.25) is 0 Å². The first-order chi connectivity index (χ1) is 9.16. The highest BCUT2D eigenvalue weighted by molar-refractivity contribution is 6.00. The second-order valence-electron chi connectivity index (χ2n) is 5.82. The molecule has 1 N–H and O–H groups in total. The van der Waals surface area contributed by atoms with Gasteiger partial charge in [0.15, 0.2) is 5.78 Å². The van der Waals surface area contributed by atoms with E-state index in [1.54, 1.807) is 0 Å². The Bertz CT molecular complexity index is 487. The Labute approximate surface area is 113 Å². The fourth-order valence-electron chi connectivity index (χ4n) is 3.09. The number of hydrogen-bond donors (Lipinski definition) is 1. The molecule has 0 amide bonds. The zero-order valence-corrected chi connectivity index (χ0v) is 11.2. The van der Waals surface area contributed by atoms with E-state index in [-0.39, 0.29) is 5.78 Å². The van der Waals surface area contributed by atoms with Gasteiger partial charge in [0.1, 0.15) is 12.4 Å². The molecule has 0 spiro atoms. The third-order valence-electron chi connectivity index (χ3n) is 4.29. The zero-order valence-electron chi connectivity index (χ0n) is 11.2. The van der Waals surface area contributed by atoms with Crippen LogP contribution in [0.3, 0.4) is 0 Å². The van der Waals surface area contributed by atoms with Crippen LogP contribution >= 0.6 is 0 Å². The second kappa shape index (κ2) is 4.97. The number of hydrogen-bond acceptors (Lipinski definition) is 3. The predicted molar refractivity (Wildman–Crippen MR) is 72.6 cm³/mol. The van der Waals surface area contributed by atoms with E-state index in [0.717, 1.165) is 49.0 Å². The summed E-state index contributed by atoms with van der Waals surface area (Å²) in [4.78, 5) is 11.6. The summed E-state index contributed by atoms with van der Waals surface area (Å²) in [5.74, 6) is 1.000. The molecule has 1 saturated carbocycles. The number of aliphatic hydroxyl groups is 1. The van der Waals surface area contributed by atoms with Crippen molar-refractivity contribution in [3.63, 3.8) is 0 Å². The highest BCUT2D eigenvalue weighted by atomic mass is 16.5. The average molecular weight is 260 g/mol. The summed E-state index contributed by atoms with van der Waals surface area (Å²) in [5, 5.41) is 10.4. The Hall–Kier alpha value is -1.35. The maximum atomic E-state index is 11.6. The quantitative estimate of drug-likeness (QED) is 0.909. The molecule has 0 radical (unpaired) electrons. The summed E-state index contributed by atoms with van der Waals surface area (Å²) < 4.78 is 5.75. The highest BCUT2D eigenvalue weighted by Gasteiger charge is 2.30. The van der Waals surface area contributed by atoms with E-state index in [1.807, 2.05) is 18.2 Å². The summed E-state index contributed by atoms with van der Waals surface area (Å²) in [6.07, 6.45) is 6.46. The largest absolute Gasteiger partial charge is 0.491 e. The van der Waals surface area contributed by atoms with Gasteiger partial charge in [0.05, 0.1) is 5.60 Å². The zero-order chi connectivity index (χ0) is 13.3. The van der Waals surface area contributed by atoms with Gasteiger partial charge in [-0.3, -0.25) is 4.79 Å². The van der Waals surface area contributed by atoms with Crippen LogP contribution in [0.25, 0.3) is 0 Å². The molecule has 1 fully saturated rings. The Morgan fingerprint density at radius 3 is 2.74 bits per heavy atom. The van der Waals surface area contributed by atoms with Crippen LogP contribution in [0, 0.1) is 0 Å². The van der Waals surface area contributed by atoms with Gasteiger partial charge in [0, 0.05) is 12.0 Å². The molecule has 3 nitrogen and oxygen atoms in total. The van der Waals surface area contributed by atoms with Gasteiger partial charge in [0.25, 0.3) is 0 Å². The number of ketones is 1. The molecule has 0 saturated heterocycles.